The average Bonchev–Trinajstić information content (AvgIpc) is 2.07. The Kier molecular flexibility index (Phi) is 4.23. The van der Waals surface area contributed by atoms with Crippen LogP contribution in [0.25, 0.3) is 0 Å². The van der Waals surface area contributed by atoms with Crippen molar-refractivity contribution in [2.45, 2.75) is 0 Å². The number of ether oxygens (including phenoxy) is 1. The molecule has 0 aliphatic heterocycles. The van der Waals surface area contributed by atoms with Crippen molar-refractivity contribution in [3.8, 4) is 5.75 Å². The number of rotatable bonds is 3. The molecule has 0 aromatic heterocycles. The minimum Gasteiger partial charge on any atom is -0.482 e. The Labute approximate surface area is 103 Å². The van der Waals surface area contributed by atoms with E-state index in [2.05, 4.69) is 45.2 Å². The van der Waals surface area contributed by atoms with E-state index < -0.39 is 5.97 Å². The third-order valence-electron chi connectivity index (χ3n) is 1.25. The number of aliphatic carboxylic acids is 1. The standard InChI is InChI=1S/C8H6I2O3/c9-6-2-1-5(3-7(6)10)13-4-8(11)12/h1-3H,4H2,(H,11,12). The molecule has 70 valence electrons. The summed E-state index contributed by atoms with van der Waals surface area (Å²) in [6.07, 6.45) is 0. The third kappa shape index (κ3) is 3.67. The van der Waals surface area contributed by atoms with Crippen molar-refractivity contribution in [3.05, 3.63) is 25.3 Å². The van der Waals surface area contributed by atoms with Gasteiger partial charge in [-0.3, -0.25) is 0 Å². The van der Waals surface area contributed by atoms with Gasteiger partial charge < -0.3 is 9.84 Å². The van der Waals surface area contributed by atoms with Crippen LogP contribution in [0.5, 0.6) is 5.75 Å². The predicted molar refractivity (Wildman–Crippen MR) is 65.0 cm³/mol. The number of hydrogen-bond donors (Lipinski definition) is 1. The first kappa shape index (κ1) is 11.0. The van der Waals surface area contributed by atoms with Crippen LogP contribution >= 0.6 is 45.2 Å². The molecule has 0 saturated heterocycles. The monoisotopic (exact) mass is 404 g/mol. The van der Waals surface area contributed by atoms with Gasteiger partial charge in [-0.1, -0.05) is 0 Å². The van der Waals surface area contributed by atoms with E-state index in [0.717, 1.165) is 7.14 Å². The molecule has 0 aliphatic carbocycles. The summed E-state index contributed by atoms with van der Waals surface area (Å²) in [4.78, 5) is 10.2. The summed E-state index contributed by atoms with van der Waals surface area (Å²) >= 11 is 4.38. The van der Waals surface area contributed by atoms with Gasteiger partial charge in [-0.15, -0.1) is 0 Å². The summed E-state index contributed by atoms with van der Waals surface area (Å²) in [6.45, 7) is -0.295. The molecule has 5 heteroatoms. The molecule has 13 heavy (non-hydrogen) atoms. The van der Waals surface area contributed by atoms with Crippen LogP contribution in [0.15, 0.2) is 18.2 Å². The fourth-order valence-corrected chi connectivity index (χ4v) is 1.53. The highest BCUT2D eigenvalue weighted by Gasteiger charge is 2.01. The minimum absolute atomic E-state index is 0.295. The lowest BCUT2D eigenvalue weighted by Crippen LogP contribution is -2.09. The minimum atomic E-state index is -0.964. The molecule has 0 aliphatic rings. The van der Waals surface area contributed by atoms with Gasteiger partial charge >= 0.3 is 5.97 Å². The molecule has 0 radical (unpaired) electrons. The molecular weight excluding hydrogens is 398 g/mol. The summed E-state index contributed by atoms with van der Waals surface area (Å²) < 4.78 is 7.18. The van der Waals surface area contributed by atoms with Gasteiger partial charge in [0, 0.05) is 7.14 Å². The number of carboxylic acids is 1. The second-order valence-corrected chi connectivity index (χ2v) is 4.58. The average molecular weight is 404 g/mol. The summed E-state index contributed by atoms with van der Waals surface area (Å²) in [5.41, 5.74) is 0. The van der Waals surface area contributed by atoms with Crippen molar-refractivity contribution in [2.24, 2.45) is 0 Å². The van der Waals surface area contributed by atoms with Crippen molar-refractivity contribution in [2.75, 3.05) is 6.61 Å². The van der Waals surface area contributed by atoms with Crippen LogP contribution in [0, 0.1) is 7.14 Å². The Bertz CT molecular complexity index is 325. The van der Waals surface area contributed by atoms with Gasteiger partial charge in [0.05, 0.1) is 0 Å². The molecule has 0 atom stereocenters. The van der Waals surface area contributed by atoms with Crippen molar-refractivity contribution >= 4 is 51.2 Å². The van der Waals surface area contributed by atoms with Gasteiger partial charge in [-0.25, -0.2) is 4.79 Å². The molecule has 0 saturated carbocycles. The summed E-state index contributed by atoms with van der Waals surface area (Å²) in [5.74, 6) is -0.374. The highest BCUT2D eigenvalue weighted by Crippen LogP contribution is 2.20. The first-order valence-corrected chi connectivity index (χ1v) is 5.55. The highest BCUT2D eigenvalue weighted by molar-refractivity contribution is 14.1. The number of halogens is 2. The zero-order valence-electron chi connectivity index (χ0n) is 6.46. The fraction of sp³-hybridized carbons (Fsp3) is 0.125. The number of benzene rings is 1. The van der Waals surface area contributed by atoms with Crippen LogP contribution in [0.1, 0.15) is 0 Å². The predicted octanol–water partition coefficient (Wildman–Crippen LogP) is 2.36. The quantitative estimate of drug-likeness (QED) is 0.788. The molecule has 0 spiro atoms. The Balaban J connectivity index is 2.68. The molecular formula is C8H6I2O3. The second kappa shape index (κ2) is 4.99. The van der Waals surface area contributed by atoms with E-state index in [9.17, 15) is 4.79 Å². The maximum absolute atomic E-state index is 10.2. The Hall–Kier alpha value is -0.0500. The van der Waals surface area contributed by atoms with Crippen molar-refractivity contribution in [3.63, 3.8) is 0 Å². The SMILES string of the molecule is O=C(O)COc1ccc(I)c(I)c1. The number of carboxylic acid groups (broad SMARTS) is 1. The Morgan fingerprint density at radius 2 is 2.08 bits per heavy atom. The van der Waals surface area contributed by atoms with Crippen LogP contribution in [0.3, 0.4) is 0 Å². The van der Waals surface area contributed by atoms with E-state index in [1.165, 1.54) is 0 Å². The van der Waals surface area contributed by atoms with Crippen molar-refractivity contribution < 1.29 is 14.6 Å². The van der Waals surface area contributed by atoms with Crippen LogP contribution in [0.2, 0.25) is 0 Å². The van der Waals surface area contributed by atoms with Gasteiger partial charge in [-0.2, -0.15) is 0 Å². The molecule has 0 amide bonds. The Morgan fingerprint density at radius 1 is 1.38 bits per heavy atom. The maximum atomic E-state index is 10.2. The Morgan fingerprint density at radius 3 is 2.62 bits per heavy atom. The zero-order chi connectivity index (χ0) is 9.84. The van der Waals surface area contributed by atoms with E-state index in [-0.39, 0.29) is 6.61 Å². The molecule has 1 aromatic carbocycles. The third-order valence-corrected chi connectivity index (χ3v) is 4.12. The van der Waals surface area contributed by atoms with Gasteiger partial charge in [0.2, 0.25) is 0 Å². The molecule has 1 rings (SSSR count). The van der Waals surface area contributed by atoms with Crippen LogP contribution in [-0.4, -0.2) is 17.7 Å². The number of hydrogen-bond acceptors (Lipinski definition) is 2. The molecule has 1 N–H and O–H groups in total. The summed E-state index contributed by atoms with van der Waals surface area (Å²) in [5, 5.41) is 8.37. The summed E-state index contributed by atoms with van der Waals surface area (Å²) in [6, 6.07) is 5.46. The lowest BCUT2D eigenvalue weighted by atomic mass is 10.3. The van der Waals surface area contributed by atoms with Gasteiger partial charge in [-0.05, 0) is 63.4 Å². The van der Waals surface area contributed by atoms with E-state index in [1.54, 1.807) is 6.07 Å². The summed E-state index contributed by atoms with van der Waals surface area (Å²) in [7, 11) is 0. The maximum Gasteiger partial charge on any atom is 0.341 e. The van der Waals surface area contributed by atoms with Gasteiger partial charge in [0.15, 0.2) is 6.61 Å². The van der Waals surface area contributed by atoms with Crippen molar-refractivity contribution in [1.82, 2.24) is 0 Å². The van der Waals surface area contributed by atoms with Crippen LogP contribution < -0.4 is 4.74 Å². The molecule has 0 bridgehead atoms. The van der Waals surface area contributed by atoms with E-state index in [1.807, 2.05) is 12.1 Å². The van der Waals surface area contributed by atoms with E-state index >= 15 is 0 Å². The van der Waals surface area contributed by atoms with Crippen LogP contribution in [0.4, 0.5) is 0 Å². The molecule has 0 heterocycles. The zero-order valence-corrected chi connectivity index (χ0v) is 10.8. The highest BCUT2D eigenvalue weighted by atomic mass is 127. The largest absolute Gasteiger partial charge is 0.482 e. The van der Waals surface area contributed by atoms with Crippen molar-refractivity contribution in [1.29, 1.82) is 0 Å². The lowest BCUT2D eigenvalue weighted by Gasteiger charge is -2.03. The van der Waals surface area contributed by atoms with E-state index in [4.69, 9.17) is 9.84 Å². The van der Waals surface area contributed by atoms with Gasteiger partial charge in [0.1, 0.15) is 5.75 Å². The van der Waals surface area contributed by atoms with E-state index in [0.29, 0.717) is 5.75 Å². The fourth-order valence-electron chi connectivity index (χ4n) is 0.712. The normalized spacial score (nSPS) is 9.69. The molecule has 3 nitrogen and oxygen atoms in total. The lowest BCUT2D eigenvalue weighted by molar-refractivity contribution is -0.139. The molecule has 0 unspecified atom stereocenters. The first-order chi connectivity index (χ1) is 6.09. The number of carbonyl (C=O) groups is 1. The molecule has 1 aromatic rings. The smallest absolute Gasteiger partial charge is 0.341 e. The van der Waals surface area contributed by atoms with Crippen LogP contribution in [-0.2, 0) is 4.79 Å². The second-order valence-electron chi connectivity index (χ2n) is 2.26. The topological polar surface area (TPSA) is 46.5 Å². The first-order valence-electron chi connectivity index (χ1n) is 3.39. The molecule has 0 fully saturated rings. The van der Waals surface area contributed by atoms with Gasteiger partial charge in [0.25, 0.3) is 0 Å².